The third-order valence-electron chi connectivity index (χ3n) is 5.68. The molecular weight excluding hydrogens is 409 g/mol. The van der Waals surface area contributed by atoms with E-state index in [-0.39, 0.29) is 30.0 Å². The van der Waals surface area contributed by atoms with Gasteiger partial charge in [-0.1, -0.05) is 30.3 Å². The average molecular weight is 428 g/mol. The first-order valence-corrected chi connectivity index (χ1v) is 9.81. The van der Waals surface area contributed by atoms with Crippen LogP contribution in [-0.4, -0.2) is 26.8 Å². The van der Waals surface area contributed by atoms with E-state index in [4.69, 9.17) is 0 Å². The number of aromatic carboxylic acids is 1. The number of nitrogens with zero attached hydrogens (tertiary/aromatic N) is 2. The average Bonchev–Trinajstić information content (AvgIpc) is 2.75. The number of pyridine rings is 2. The van der Waals surface area contributed by atoms with Gasteiger partial charge in [-0.05, 0) is 48.4 Å². The maximum atomic E-state index is 13.0. The van der Waals surface area contributed by atoms with Crippen LogP contribution in [0, 0.1) is 0 Å². The molecule has 1 aromatic carbocycles. The van der Waals surface area contributed by atoms with E-state index >= 15 is 0 Å². The quantitative estimate of drug-likeness (QED) is 0.600. The number of hydrogen-bond acceptors (Lipinski definition) is 3. The highest BCUT2D eigenvalue weighted by atomic mass is 19.4. The summed E-state index contributed by atoms with van der Waals surface area (Å²) in [5, 5.41) is 9.43. The molecule has 0 saturated heterocycles. The molecule has 31 heavy (non-hydrogen) atoms. The summed E-state index contributed by atoms with van der Waals surface area (Å²) in [6.45, 7) is 0.269. The topological polar surface area (TPSA) is 72.2 Å². The maximum absolute atomic E-state index is 13.0. The van der Waals surface area contributed by atoms with Crippen LogP contribution in [-0.2, 0) is 6.54 Å². The third kappa shape index (κ3) is 4.10. The van der Waals surface area contributed by atoms with E-state index < -0.39 is 23.1 Å². The Kier molecular flexibility index (Phi) is 5.39. The van der Waals surface area contributed by atoms with E-state index in [0.29, 0.717) is 18.4 Å². The van der Waals surface area contributed by atoms with Crippen LogP contribution >= 0.6 is 0 Å². The molecule has 5 nitrogen and oxygen atoms in total. The second-order valence-corrected chi connectivity index (χ2v) is 7.57. The first-order valence-electron chi connectivity index (χ1n) is 9.81. The molecule has 0 amide bonds. The van der Waals surface area contributed by atoms with Gasteiger partial charge in [-0.3, -0.25) is 9.78 Å². The smallest absolute Gasteiger partial charge is 0.412 e. The number of aromatic nitrogens is 2. The van der Waals surface area contributed by atoms with Crippen molar-refractivity contribution in [2.24, 2.45) is 0 Å². The molecule has 2 aromatic heterocycles. The maximum Gasteiger partial charge on any atom is 0.412 e. The number of carbonyl (C=O) groups is 1. The van der Waals surface area contributed by atoms with Gasteiger partial charge in [0.25, 0.3) is 0 Å². The third-order valence-corrected chi connectivity index (χ3v) is 5.68. The van der Waals surface area contributed by atoms with Crippen molar-refractivity contribution in [3.8, 4) is 0 Å². The Balaban J connectivity index is 1.74. The Hall–Kier alpha value is -3.42. The molecule has 0 saturated carbocycles. The Morgan fingerprint density at radius 1 is 1.19 bits per heavy atom. The normalized spacial score (nSPS) is 16.9. The van der Waals surface area contributed by atoms with Crippen LogP contribution < -0.4 is 5.43 Å². The minimum atomic E-state index is -4.29. The number of allylic oxidation sites excluding steroid dienone is 2. The van der Waals surface area contributed by atoms with Crippen molar-refractivity contribution >= 4 is 17.0 Å². The van der Waals surface area contributed by atoms with Gasteiger partial charge in [0.15, 0.2) is 0 Å². The van der Waals surface area contributed by atoms with Gasteiger partial charge < -0.3 is 9.67 Å². The lowest BCUT2D eigenvalue weighted by Crippen LogP contribution is -2.21. The highest BCUT2D eigenvalue weighted by molar-refractivity contribution is 5.91. The van der Waals surface area contributed by atoms with Gasteiger partial charge in [0.05, 0.1) is 5.52 Å². The van der Waals surface area contributed by atoms with Crippen LogP contribution in [0.5, 0.6) is 0 Å². The van der Waals surface area contributed by atoms with Gasteiger partial charge >= 0.3 is 12.1 Å². The molecule has 3 aromatic rings. The zero-order valence-corrected chi connectivity index (χ0v) is 16.4. The van der Waals surface area contributed by atoms with Crippen LogP contribution in [0.1, 0.15) is 46.7 Å². The molecule has 2 heterocycles. The van der Waals surface area contributed by atoms with Crippen LogP contribution in [0.2, 0.25) is 0 Å². The van der Waals surface area contributed by atoms with Crippen LogP contribution in [0.3, 0.4) is 0 Å². The fourth-order valence-corrected chi connectivity index (χ4v) is 4.13. The Morgan fingerprint density at radius 2 is 1.97 bits per heavy atom. The highest BCUT2D eigenvalue weighted by Gasteiger charge is 2.35. The minimum Gasteiger partial charge on any atom is -0.477 e. The minimum absolute atomic E-state index is 0.0312. The molecule has 0 spiro atoms. The predicted octanol–water partition coefficient (Wildman–Crippen LogP) is 4.90. The van der Waals surface area contributed by atoms with E-state index in [1.807, 2.05) is 24.3 Å². The molecule has 160 valence electrons. The largest absolute Gasteiger partial charge is 0.477 e. The van der Waals surface area contributed by atoms with Crippen molar-refractivity contribution in [2.45, 2.75) is 37.9 Å². The monoisotopic (exact) mass is 428 g/mol. The van der Waals surface area contributed by atoms with Crippen molar-refractivity contribution in [2.75, 3.05) is 0 Å². The number of hydrogen-bond donors (Lipinski definition) is 1. The molecule has 1 atom stereocenters. The molecule has 0 fully saturated rings. The standard InChI is InChI=1S/C23H19F3N2O3/c24-23(25,26)16-9-7-14(8-10-16)17-5-2-1-4-15(17)12-28-13-18(22(30)31)21(29)20-19(28)6-3-11-27-20/h1-6,9,11,13-14H,7-8,10,12H2,(H,30,31). The molecular formula is C23H19F3N2O3. The summed E-state index contributed by atoms with van der Waals surface area (Å²) in [6.07, 6.45) is 0.352. The molecule has 1 unspecified atom stereocenters. The second kappa shape index (κ2) is 8.02. The Labute approximate surface area is 175 Å². The zero-order valence-electron chi connectivity index (χ0n) is 16.4. The molecule has 8 heteroatoms. The Morgan fingerprint density at radius 3 is 2.65 bits per heavy atom. The fraction of sp³-hybridized carbons (Fsp3) is 0.261. The molecule has 0 radical (unpaired) electrons. The van der Waals surface area contributed by atoms with Gasteiger partial charge in [-0.25, -0.2) is 4.79 Å². The highest BCUT2D eigenvalue weighted by Crippen LogP contribution is 2.39. The van der Waals surface area contributed by atoms with Gasteiger partial charge in [-0.15, -0.1) is 0 Å². The lowest BCUT2D eigenvalue weighted by atomic mass is 9.82. The van der Waals surface area contributed by atoms with E-state index in [0.717, 1.165) is 11.1 Å². The van der Waals surface area contributed by atoms with Crippen LogP contribution in [0.25, 0.3) is 11.0 Å². The zero-order chi connectivity index (χ0) is 22.2. The number of benzene rings is 1. The number of fused-ring (bicyclic) bond motifs is 1. The van der Waals surface area contributed by atoms with Crippen molar-refractivity contribution in [3.63, 3.8) is 0 Å². The fourth-order valence-electron chi connectivity index (χ4n) is 4.13. The SMILES string of the molecule is O=C(O)c1cn(Cc2ccccc2C2CC=C(C(F)(F)F)CC2)c2cccnc2c1=O. The molecule has 1 aliphatic rings. The molecule has 1 N–H and O–H groups in total. The van der Waals surface area contributed by atoms with E-state index in [1.165, 1.54) is 18.5 Å². The summed E-state index contributed by atoms with van der Waals surface area (Å²) in [5.41, 5.74) is 0.841. The predicted molar refractivity (Wildman–Crippen MR) is 109 cm³/mol. The van der Waals surface area contributed by atoms with Crippen molar-refractivity contribution < 1.29 is 23.1 Å². The number of carboxylic acids is 1. The first-order chi connectivity index (χ1) is 14.8. The van der Waals surface area contributed by atoms with E-state index in [1.54, 1.807) is 16.7 Å². The summed E-state index contributed by atoms with van der Waals surface area (Å²) in [7, 11) is 0. The number of alkyl halides is 3. The van der Waals surface area contributed by atoms with Gasteiger partial charge in [-0.2, -0.15) is 13.2 Å². The summed E-state index contributed by atoms with van der Waals surface area (Å²) in [5.74, 6) is -1.40. The summed E-state index contributed by atoms with van der Waals surface area (Å²) in [6, 6.07) is 10.8. The van der Waals surface area contributed by atoms with Gasteiger partial charge in [0, 0.05) is 24.5 Å². The molecule has 1 aliphatic carbocycles. The van der Waals surface area contributed by atoms with Crippen LogP contribution in [0.15, 0.2) is 65.2 Å². The summed E-state index contributed by atoms with van der Waals surface area (Å²) < 4.78 is 40.6. The van der Waals surface area contributed by atoms with E-state index in [9.17, 15) is 27.9 Å². The van der Waals surface area contributed by atoms with Gasteiger partial charge in [0.1, 0.15) is 11.1 Å². The molecule has 0 aliphatic heterocycles. The van der Waals surface area contributed by atoms with Crippen molar-refractivity contribution in [3.05, 3.63) is 87.4 Å². The summed E-state index contributed by atoms with van der Waals surface area (Å²) >= 11 is 0. The van der Waals surface area contributed by atoms with Crippen molar-refractivity contribution in [1.29, 1.82) is 0 Å². The number of rotatable bonds is 4. The second-order valence-electron chi connectivity index (χ2n) is 7.57. The van der Waals surface area contributed by atoms with E-state index in [2.05, 4.69) is 4.98 Å². The Bertz CT molecular complexity index is 1240. The molecule has 4 rings (SSSR count). The van der Waals surface area contributed by atoms with Crippen molar-refractivity contribution in [1.82, 2.24) is 9.55 Å². The molecule has 0 bridgehead atoms. The van der Waals surface area contributed by atoms with Crippen LogP contribution in [0.4, 0.5) is 13.2 Å². The lowest BCUT2D eigenvalue weighted by Gasteiger charge is -2.26. The number of halogens is 3. The lowest BCUT2D eigenvalue weighted by molar-refractivity contribution is -0.0952. The first kappa shape index (κ1) is 20.8. The number of carboxylic acid groups (broad SMARTS) is 1. The summed E-state index contributed by atoms with van der Waals surface area (Å²) in [4.78, 5) is 28.1. The van der Waals surface area contributed by atoms with Gasteiger partial charge in [0.2, 0.25) is 5.43 Å².